The zero-order valence-corrected chi connectivity index (χ0v) is 44.0. The smallest absolute Gasteiger partial charge is 0.387 e. The van der Waals surface area contributed by atoms with Gasteiger partial charge in [0.25, 0.3) is 0 Å². The Kier molecular flexibility index (Phi) is 45.6. The summed E-state index contributed by atoms with van der Waals surface area (Å²) in [4.78, 5) is 23.2. The van der Waals surface area contributed by atoms with Crippen molar-refractivity contribution in [3.63, 3.8) is 0 Å². The highest BCUT2D eigenvalue weighted by atomic mass is 31.2. The molecule has 0 bridgehead atoms. The number of quaternary nitrogens is 1. The van der Waals surface area contributed by atoms with Gasteiger partial charge in [-0.05, 0) is 89.9 Å². The average Bonchev–Trinajstić information content (AvgIpc) is 3.28. The number of unbranched alkanes of at least 4 members (excludes halogenated alkanes) is 20. The molecule has 0 radical (unpaired) electrons. The second kappa shape index (κ2) is 47.5. The maximum absolute atomic E-state index is 12.9. The SMILES string of the molecule is CC/C=C\C/C=C\C/C=C\C/C=C\C/C=C\CCCCCCCC(=O)NC(COP(=O)(O)OCC[N+](C)(C)C)C(O)/C=C/CC/C=C/CC/C=C/CCCCCCCCCCCCCCC. The maximum Gasteiger partial charge on any atom is 0.472 e. The summed E-state index contributed by atoms with van der Waals surface area (Å²) in [6, 6.07) is -0.887. The molecule has 0 aliphatic rings. The molecular formula is C57H102N2O6P+. The van der Waals surface area contributed by atoms with Crippen LogP contribution in [0.3, 0.4) is 0 Å². The van der Waals surface area contributed by atoms with Crippen LogP contribution >= 0.6 is 7.82 Å². The predicted octanol–water partition coefficient (Wildman–Crippen LogP) is 15.9. The number of aliphatic hydroxyl groups is 1. The molecule has 3 unspecified atom stereocenters. The number of hydrogen-bond donors (Lipinski definition) is 3. The van der Waals surface area contributed by atoms with Crippen molar-refractivity contribution in [2.75, 3.05) is 40.9 Å². The van der Waals surface area contributed by atoms with E-state index in [0.717, 1.165) is 96.3 Å². The van der Waals surface area contributed by atoms with E-state index in [-0.39, 0.29) is 19.1 Å². The molecule has 3 N–H and O–H groups in total. The van der Waals surface area contributed by atoms with Crippen LogP contribution in [0.15, 0.2) is 97.2 Å². The van der Waals surface area contributed by atoms with Gasteiger partial charge in [0.1, 0.15) is 13.2 Å². The molecule has 0 saturated carbocycles. The Hall–Kier alpha value is -2.58. The molecule has 1 amide bonds. The van der Waals surface area contributed by atoms with Crippen molar-refractivity contribution < 1.29 is 32.9 Å². The Balaban J connectivity index is 4.43. The summed E-state index contributed by atoms with van der Waals surface area (Å²) in [7, 11) is 1.52. The molecule has 0 aromatic carbocycles. The largest absolute Gasteiger partial charge is 0.472 e. The molecule has 0 heterocycles. The lowest BCUT2D eigenvalue weighted by atomic mass is 10.0. The normalized spacial score (nSPS) is 14.8. The molecular weight excluding hydrogens is 840 g/mol. The fourth-order valence-electron chi connectivity index (χ4n) is 7.10. The maximum atomic E-state index is 12.9. The summed E-state index contributed by atoms with van der Waals surface area (Å²) in [5.41, 5.74) is 0. The first-order chi connectivity index (χ1) is 32.0. The van der Waals surface area contributed by atoms with Crippen molar-refractivity contribution in [1.82, 2.24) is 5.32 Å². The number of rotatable bonds is 47. The first kappa shape index (κ1) is 63.4. The highest BCUT2D eigenvalue weighted by Crippen LogP contribution is 2.43. The van der Waals surface area contributed by atoms with Crippen molar-refractivity contribution in [2.24, 2.45) is 0 Å². The fraction of sp³-hybridized carbons (Fsp3) is 0.702. The minimum atomic E-state index is -4.37. The average molecular weight is 942 g/mol. The fourth-order valence-corrected chi connectivity index (χ4v) is 7.83. The van der Waals surface area contributed by atoms with Gasteiger partial charge in [-0.15, -0.1) is 0 Å². The number of carbonyl (C=O) groups excluding carboxylic acids is 1. The Morgan fingerprint density at radius 1 is 0.530 bits per heavy atom. The Labute approximate surface area is 407 Å². The molecule has 0 saturated heterocycles. The van der Waals surface area contributed by atoms with Crippen LogP contribution in [0, 0.1) is 0 Å². The Bertz CT molecular complexity index is 1390. The third-order valence-corrected chi connectivity index (χ3v) is 12.2. The van der Waals surface area contributed by atoms with Crippen LogP contribution in [0.25, 0.3) is 0 Å². The van der Waals surface area contributed by atoms with E-state index in [0.29, 0.717) is 17.4 Å². The van der Waals surface area contributed by atoms with Gasteiger partial charge < -0.3 is 19.8 Å². The topological polar surface area (TPSA) is 105 Å². The number of likely N-dealkylation sites (N-methyl/N-ethyl adjacent to an activating group) is 1. The minimum absolute atomic E-state index is 0.0440. The number of hydrogen-bond acceptors (Lipinski definition) is 5. The van der Waals surface area contributed by atoms with Crippen LogP contribution in [0.1, 0.15) is 206 Å². The lowest BCUT2D eigenvalue weighted by Crippen LogP contribution is -2.45. The van der Waals surface area contributed by atoms with Crippen molar-refractivity contribution >= 4 is 13.7 Å². The predicted molar refractivity (Wildman–Crippen MR) is 286 cm³/mol. The van der Waals surface area contributed by atoms with Gasteiger partial charge in [0, 0.05) is 6.42 Å². The van der Waals surface area contributed by atoms with Gasteiger partial charge in [-0.2, -0.15) is 0 Å². The summed E-state index contributed by atoms with van der Waals surface area (Å²) in [5.74, 6) is -0.213. The van der Waals surface area contributed by atoms with Crippen molar-refractivity contribution in [2.45, 2.75) is 219 Å². The van der Waals surface area contributed by atoms with E-state index in [1.54, 1.807) is 6.08 Å². The first-order valence-electron chi connectivity index (χ1n) is 26.6. The molecule has 0 aromatic rings. The summed E-state index contributed by atoms with van der Waals surface area (Å²) >= 11 is 0. The second-order valence-electron chi connectivity index (χ2n) is 18.8. The standard InChI is InChI=1S/C57H101N2O6P/c1-6-8-10-12-14-16-18-20-22-24-26-28-29-31-32-34-36-38-40-42-44-46-48-50-56(60)55(54-65-66(62,63)64-53-52-59(3,4)5)58-57(61)51-49-47-45-43-41-39-37-35-33-30-27-25-23-21-19-17-15-13-11-9-7-2/h9,11,15,17,21,23,27,30,32,34-35,37,40,42,48,50,55-56,60H,6-8,10,12-14,16,18-20,22,24-26,28-29,31,33,36,38-39,41,43-47,49,51-54H2,1-5H3,(H-,58,61,62,63)/p+1/b11-9-,17-15-,23-21-,30-27-,34-32+,37-35-,42-40+,50-48+. The van der Waals surface area contributed by atoms with Crippen LogP contribution in [0.4, 0.5) is 0 Å². The number of carbonyl (C=O) groups is 1. The molecule has 380 valence electrons. The van der Waals surface area contributed by atoms with E-state index in [4.69, 9.17) is 9.05 Å². The van der Waals surface area contributed by atoms with E-state index in [2.05, 4.69) is 104 Å². The molecule has 8 nitrogen and oxygen atoms in total. The zero-order chi connectivity index (χ0) is 48.5. The Morgan fingerprint density at radius 3 is 1.39 bits per heavy atom. The van der Waals surface area contributed by atoms with E-state index in [1.807, 2.05) is 27.2 Å². The number of nitrogens with zero attached hydrogens (tertiary/aromatic N) is 1. The summed E-state index contributed by atoms with van der Waals surface area (Å²) in [5, 5.41) is 13.9. The summed E-state index contributed by atoms with van der Waals surface area (Å²) < 4.78 is 23.6. The molecule has 9 heteroatoms. The monoisotopic (exact) mass is 942 g/mol. The van der Waals surface area contributed by atoms with Gasteiger partial charge in [0.2, 0.25) is 5.91 Å². The highest BCUT2D eigenvalue weighted by molar-refractivity contribution is 7.47. The molecule has 3 atom stereocenters. The number of aliphatic hydroxyl groups excluding tert-OH is 1. The number of phosphoric acid groups is 1. The second-order valence-corrected chi connectivity index (χ2v) is 20.3. The molecule has 0 spiro atoms. The van der Waals surface area contributed by atoms with E-state index >= 15 is 0 Å². The van der Waals surface area contributed by atoms with Gasteiger partial charge in [0.15, 0.2) is 0 Å². The van der Waals surface area contributed by atoms with Crippen LogP contribution < -0.4 is 5.32 Å². The lowest BCUT2D eigenvalue weighted by molar-refractivity contribution is -0.870. The van der Waals surface area contributed by atoms with Crippen molar-refractivity contribution in [3.8, 4) is 0 Å². The molecule has 0 rings (SSSR count). The van der Waals surface area contributed by atoms with Crippen molar-refractivity contribution in [3.05, 3.63) is 97.2 Å². The third-order valence-electron chi connectivity index (χ3n) is 11.3. The highest BCUT2D eigenvalue weighted by Gasteiger charge is 2.27. The van der Waals surface area contributed by atoms with Crippen LogP contribution in [0.5, 0.6) is 0 Å². The number of nitrogens with one attached hydrogen (secondary N) is 1. The Morgan fingerprint density at radius 2 is 0.924 bits per heavy atom. The van der Waals surface area contributed by atoms with E-state index in [1.165, 1.54) is 89.9 Å². The molecule has 0 fully saturated rings. The first-order valence-corrected chi connectivity index (χ1v) is 28.1. The summed E-state index contributed by atoms with van der Waals surface area (Å²) in [6.45, 7) is 4.65. The number of allylic oxidation sites excluding steroid dienone is 15. The quantitative estimate of drug-likeness (QED) is 0.0243. The number of amides is 1. The zero-order valence-electron chi connectivity index (χ0n) is 43.1. The lowest BCUT2D eigenvalue weighted by Gasteiger charge is -2.25. The van der Waals surface area contributed by atoms with Gasteiger partial charge in [0.05, 0.1) is 39.9 Å². The van der Waals surface area contributed by atoms with Gasteiger partial charge in [-0.1, -0.05) is 207 Å². The summed E-state index contributed by atoms with van der Waals surface area (Å²) in [6.07, 6.45) is 67.8. The van der Waals surface area contributed by atoms with Crippen LogP contribution in [-0.2, 0) is 18.4 Å². The molecule has 0 aromatic heterocycles. The minimum Gasteiger partial charge on any atom is -0.387 e. The van der Waals surface area contributed by atoms with Gasteiger partial charge in [-0.25, -0.2) is 4.57 Å². The molecule has 0 aliphatic heterocycles. The van der Waals surface area contributed by atoms with E-state index < -0.39 is 20.0 Å². The number of phosphoric ester groups is 1. The van der Waals surface area contributed by atoms with Gasteiger partial charge in [-0.3, -0.25) is 13.8 Å². The van der Waals surface area contributed by atoms with Gasteiger partial charge >= 0.3 is 7.82 Å². The third kappa shape index (κ3) is 49.3. The van der Waals surface area contributed by atoms with E-state index in [9.17, 15) is 19.4 Å². The molecule has 0 aliphatic carbocycles. The van der Waals surface area contributed by atoms with Crippen molar-refractivity contribution in [1.29, 1.82) is 0 Å². The van der Waals surface area contributed by atoms with Crippen LogP contribution in [0.2, 0.25) is 0 Å². The van der Waals surface area contributed by atoms with Crippen LogP contribution in [-0.4, -0.2) is 73.4 Å². The molecule has 66 heavy (non-hydrogen) atoms.